The van der Waals surface area contributed by atoms with Gasteiger partial charge in [0.25, 0.3) is 5.91 Å². The lowest BCUT2D eigenvalue weighted by atomic mass is 10.1. The Balaban J connectivity index is 1.18. The van der Waals surface area contributed by atoms with Gasteiger partial charge in [-0.1, -0.05) is 42.5 Å². The summed E-state index contributed by atoms with van der Waals surface area (Å²) in [6, 6.07) is 20.1. The predicted molar refractivity (Wildman–Crippen MR) is 134 cm³/mol. The molecule has 9 nitrogen and oxygen atoms in total. The number of carbonyl (C=O) groups is 2. The van der Waals surface area contributed by atoms with Crippen molar-refractivity contribution in [2.24, 2.45) is 0 Å². The number of benzene rings is 3. The second-order valence-corrected chi connectivity index (χ2v) is 9.81. The van der Waals surface area contributed by atoms with Crippen LogP contribution in [0.1, 0.15) is 24.2 Å². The number of amides is 3. The van der Waals surface area contributed by atoms with Crippen LogP contribution in [-0.2, 0) is 14.2 Å². The number of hydrogen-bond acceptors (Lipinski definition) is 6. The Bertz CT molecular complexity index is 1340. The summed E-state index contributed by atoms with van der Waals surface area (Å²) in [6.45, 7) is 4.23. The molecular formula is C27H28N4O5. The second kappa shape index (κ2) is 8.56. The average molecular weight is 489 g/mol. The smallest absolute Gasteiger partial charge is 0.338 e. The molecule has 36 heavy (non-hydrogen) atoms. The maximum Gasteiger partial charge on any atom is 0.338 e. The number of carbonyl (C=O) groups excluding carboxylic acids is 2. The Hall–Kier alpha value is -3.50. The van der Waals surface area contributed by atoms with Crippen molar-refractivity contribution in [3.63, 3.8) is 0 Å². The van der Waals surface area contributed by atoms with Gasteiger partial charge in [0, 0.05) is 35.9 Å². The van der Waals surface area contributed by atoms with E-state index in [4.69, 9.17) is 14.2 Å². The first kappa shape index (κ1) is 22.9. The van der Waals surface area contributed by atoms with Gasteiger partial charge in [-0.3, -0.25) is 4.79 Å². The van der Waals surface area contributed by atoms with Gasteiger partial charge >= 0.3 is 6.03 Å². The molecule has 0 unspecified atom stereocenters. The van der Waals surface area contributed by atoms with E-state index in [0.29, 0.717) is 17.8 Å². The number of likely N-dealkylation sites (N-methyl/N-ethyl adjacent to an activating group) is 1. The van der Waals surface area contributed by atoms with Crippen LogP contribution in [0, 0.1) is 0 Å². The molecule has 4 atom stereocenters. The Morgan fingerprint density at radius 3 is 2.56 bits per heavy atom. The number of nitrogens with one attached hydrogen (secondary N) is 2. The fourth-order valence-electron chi connectivity index (χ4n) is 5.26. The lowest BCUT2D eigenvalue weighted by molar-refractivity contribution is -0.247. The van der Waals surface area contributed by atoms with Gasteiger partial charge in [0.2, 0.25) is 0 Å². The zero-order valence-corrected chi connectivity index (χ0v) is 20.3. The summed E-state index contributed by atoms with van der Waals surface area (Å²) in [5.74, 6) is -0.986. The number of nitrogens with zero attached hydrogens (tertiary/aromatic N) is 2. The van der Waals surface area contributed by atoms with Gasteiger partial charge in [-0.25, -0.2) is 14.8 Å². The molecule has 3 fully saturated rings. The largest absolute Gasteiger partial charge is 0.346 e. The minimum atomic E-state index is -0.723. The fraction of sp³-hybridized carbons (Fsp3) is 0.333. The summed E-state index contributed by atoms with van der Waals surface area (Å²) in [5, 5.41) is 11.2. The molecule has 3 amide bonds. The van der Waals surface area contributed by atoms with Crippen LogP contribution in [-0.4, -0.2) is 65.9 Å². The molecule has 3 aromatic carbocycles. The average Bonchev–Trinajstić information content (AvgIpc) is 3.31. The van der Waals surface area contributed by atoms with E-state index < -0.39 is 12.0 Å². The zero-order chi connectivity index (χ0) is 25.0. The van der Waals surface area contributed by atoms with Crippen molar-refractivity contribution < 1.29 is 23.8 Å². The highest BCUT2D eigenvalue weighted by Gasteiger charge is 2.61. The second-order valence-electron chi connectivity index (χ2n) is 9.81. The zero-order valence-electron chi connectivity index (χ0n) is 20.3. The van der Waals surface area contributed by atoms with Gasteiger partial charge in [0.1, 0.15) is 18.3 Å². The van der Waals surface area contributed by atoms with Crippen molar-refractivity contribution >= 4 is 34.1 Å². The normalized spacial score (nSPS) is 26.6. The molecule has 6 rings (SSSR count). The fourth-order valence-corrected chi connectivity index (χ4v) is 5.26. The van der Waals surface area contributed by atoms with Crippen LogP contribution in [0.5, 0.6) is 0 Å². The van der Waals surface area contributed by atoms with Gasteiger partial charge in [0.15, 0.2) is 12.0 Å². The molecule has 0 radical (unpaired) electrons. The first-order chi connectivity index (χ1) is 17.3. The lowest BCUT2D eigenvalue weighted by Crippen LogP contribution is -2.59. The Morgan fingerprint density at radius 2 is 1.69 bits per heavy atom. The Kier molecular flexibility index (Phi) is 5.45. The van der Waals surface area contributed by atoms with Crippen molar-refractivity contribution in [1.82, 2.24) is 10.0 Å². The van der Waals surface area contributed by atoms with Crippen molar-refractivity contribution in [2.75, 3.05) is 24.2 Å². The van der Waals surface area contributed by atoms with Gasteiger partial charge in [-0.2, -0.15) is 0 Å². The topological polar surface area (TPSA) is 92.4 Å². The van der Waals surface area contributed by atoms with Crippen molar-refractivity contribution in [3.05, 3.63) is 72.3 Å². The van der Waals surface area contributed by atoms with Gasteiger partial charge in [-0.15, -0.1) is 0 Å². The van der Waals surface area contributed by atoms with E-state index in [0.717, 1.165) is 16.5 Å². The molecule has 3 aromatic rings. The molecule has 3 saturated heterocycles. The number of anilines is 2. The third-order valence-electron chi connectivity index (χ3n) is 6.80. The van der Waals surface area contributed by atoms with Gasteiger partial charge in [0.05, 0.1) is 0 Å². The van der Waals surface area contributed by atoms with Crippen LogP contribution in [0.2, 0.25) is 0 Å². The molecule has 0 spiro atoms. The predicted octanol–water partition coefficient (Wildman–Crippen LogP) is 4.03. The summed E-state index contributed by atoms with van der Waals surface area (Å²) in [5.41, 5.74) is 1.66. The van der Waals surface area contributed by atoms with Crippen molar-refractivity contribution in [2.45, 2.75) is 44.2 Å². The summed E-state index contributed by atoms with van der Waals surface area (Å²) < 4.78 is 18.1. The third kappa shape index (κ3) is 4.00. The number of rotatable bonds is 3. The number of fused-ring (bicyclic) bond motifs is 6. The molecular weight excluding hydrogens is 460 g/mol. The van der Waals surface area contributed by atoms with Crippen LogP contribution in [0.3, 0.4) is 0 Å². The van der Waals surface area contributed by atoms with E-state index in [1.807, 2.05) is 68.4 Å². The van der Waals surface area contributed by atoms with Crippen molar-refractivity contribution in [1.29, 1.82) is 0 Å². The highest BCUT2D eigenvalue weighted by atomic mass is 16.8. The quantitative estimate of drug-likeness (QED) is 0.578. The third-order valence-corrected chi connectivity index (χ3v) is 6.80. The number of hydrogen-bond donors (Lipinski definition) is 2. The molecule has 2 bridgehead atoms. The molecule has 3 aliphatic heterocycles. The Labute approximate surface area is 208 Å². The van der Waals surface area contributed by atoms with Crippen LogP contribution < -0.4 is 10.6 Å². The molecule has 9 heteroatoms. The minimum Gasteiger partial charge on any atom is -0.346 e. The van der Waals surface area contributed by atoms with Crippen LogP contribution in [0.4, 0.5) is 16.2 Å². The molecule has 186 valence electrons. The summed E-state index contributed by atoms with van der Waals surface area (Å²) in [7, 11) is 1.84. The first-order valence-corrected chi connectivity index (χ1v) is 12.0. The molecule has 0 saturated carbocycles. The summed E-state index contributed by atoms with van der Waals surface area (Å²) in [4.78, 5) is 26.4. The summed E-state index contributed by atoms with van der Waals surface area (Å²) in [6.07, 6.45) is -1.37. The summed E-state index contributed by atoms with van der Waals surface area (Å²) >= 11 is 0. The minimum absolute atomic E-state index is 0.170. The Morgan fingerprint density at radius 1 is 0.944 bits per heavy atom. The maximum atomic E-state index is 13.3. The number of urea groups is 1. The molecule has 3 aliphatic rings. The van der Waals surface area contributed by atoms with E-state index in [2.05, 4.69) is 10.6 Å². The maximum absolute atomic E-state index is 13.3. The molecule has 3 heterocycles. The van der Waals surface area contributed by atoms with E-state index >= 15 is 0 Å². The monoisotopic (exact) mass is 488 g/mol. The van der Waals surface area contributed by atoms with Gasteiger partial charge < -0.3 is 24.8 Å². The molecule has 0 aliphatic carbocycles. The number of hydrazine groups is 1. The number of ether oxygens (including phenoxy) is 3. The van der Waals surface area contributed by atoms with Gasteiger partial charge in [-0.05, 0) is 43.5 Å². The first-order valence-electron chi connectivity index (χ1n) is 12.0. The van der Waals surface area contributed by atoms with E-state index in [1.54, 1.807) is 24.3 Å². The van der Waals surface area contributed by atoms with Crippen molar-refractivity contribution in [3.8, 4) is 0 Å². The highest BCUT2D eigenvalue weighted by molar-refractivity contribution is 6.09. The highest BCUT2D eigenvalue weighted by Crippen LogP contribution is 2.42. The van der Waals surface area contributed by atoms with E-state index in [-0.39, 0.29) is 30.3 Å². The van der Waals surface area contributed by atoms with Crippen LogP contribution in [0.25, 0.3) is 10.8 Å². The standard InChI is InChI=1S/C27H28N4O5/c1-27(2)35-22-21-15-30(3)31(25(34-21)23(22)36-27)26(33)28-18-11-6-10-17(14-18)24(32)29-20-13-7-9-16-8-4-5-12-19(16)20/h4-14,21-23,25H,15H2,1-3H3,(H,28,33)(H,29,32)/t21-,22-,23-,25-/m1/s1. The van der Waals surface area contributed by atoms with Crippen LogP contribution >= 0.6 is 0 Å². The van der Waals surface area contributed by atoms with E-state index in [1.165, 1.54) is 5.01 Å². The SMILES string of the molecule is CN1C[C@H]2O[C@H]([C@@H]3OC(C)(C)O[C@@H]32)N1C(=O)Nc1cccc(C(=O)Nc2cccc3ccccc23)c1. The van der Waals surface area contributed by atoms with E-state index in [9.17, 15) is 9.59 Å². The molecule has 0 aromatic heterocycles. The molecule has 2 N–H and O–H groups in total. The lowest BCUT2D eigenvalue weighted by Gasteiger charge is -2.42. The van der Waals surface area contributed by atoms with Crippen LogP contribution in [0.15, 0.2) is 66.7 Å².